The molecule has 0 aliphatic carbocycles. The number of carbonyl (C=O) groups excluding carboxylic acids is 5. The monoisotopic (exact) mass is 513 g/mol. The maximum absolute atomic E-state index is 12.1. The summed E-state index contributed by atoms with van der Waals surface area (Å²) in [5.41, 5.74) is -0.231. The molecule has 0 spiro atoms. The van der Waals surface area contributed by atoms with E-state index in [2.05, 4.69) is 0 Å². The Morgan fingerprint density at radius 1 is 0.806 bits per heavy atom. The van der Waals surface area contributed by atoms with E-state index in [1.54, 1.807) is 0 Å². The smallest absolute Gasteiger partial charge is 0.455 e. The number of non-ortho nitro benzene ring substituents is 1. The summed E-state index contributed by atoms with van der Waals surface area (Å²) >= 11 is 0. The van der Waals surface area contributed by atoms with Gasteiger partial charge in [0, 0.05) is 39.8 Å². The van der Waals surface area contributed by atoms with Crippen molar-refractivity contribution in [3.63, 3.8) is 0 Å². The molecule has 1 heterocycles. The van der Waals surface area contributed by atoms with Crippen LogP contribution >= 0.6 is 0 Å². The summed E-state index contributed by atoms with van der Waals surface area (Å²) in [6.07, 6.45) is -8.75. The molecule has 1 aromatic rings. The second-order valence-corrected chi connectivity index (χ2v) is 7.29. The number of esters is 4. The first-order valence-electron chi connectivity index (χ1n) is 10.3. The molecule has 1 unspecified atom stereocenters. The third kappa shape index (κ3) is 8.19. The van der Waals surface area contributed by atoms with E-state index in [0.717, 1.165) is 52.0 Å². The van der Waals surface area contributed by atoms with Crippen molar-refractivity contribution in [3.8, 4) is 5.75 Å². The van der Waals surface area contributed by atoms with Gasteiger partial charge < -0.3 is 33.2 Å². The first-order chi connectivity index (χ1) is 16.9. The zero-order chi connectivity index (χ0) is 27.0. The van der Waals surface area contributed by atoms with E-state index in [0.29, 0.717) is 0 Å². The van der Waals surface area contributed by atoms with Crippen LogP contribution in [0.1, 0.15) is 27.7 Å². The summed E-state index contributed by atoms with van der Waals surface area (Å²) in [4.78, 5) is 69.0. The Kier molecular flexibility index (Phi) is 9.66. The second kappa shape index (κ2) is 12.4. The second-order valence-electron chi connectivity index (χ2n) is 7.29. The van der Waals surface area contributed by atoms with Crippen molar-refractivity contribution in [2.45, 2.75) is 58.4 Å². The summed E-state index contributed by atoms with van der Waals surface area (Å²) in [5.74, 6) is -3.46. The van der Waals surface area contributed by atoms with Crippen molar-refractivity contribution in [1.82, 2.24) is 0 Å². The van der Waals surface area contributed by atoms with E-state index < -0.39 is 72.3 Å². The molecule has 0 bridgehead atoms. The quantitative estimate of drug-likeness (QED) is 0.158. The minimum absolute atomic E-state index is 0.0720. The van der Waals surface area contributed by atoms with E-state index >= 15 is 0 Å². The van der Waals surface area contributed by atoms with Crippen LogP contribution in [0.3, 0.4) is 0 Å². The van der Waals surface area contributed by atoms with Crippen LogP contribution in [0, 0.1) is 10.1 Å². The van der Waals surface area contributed by atoms with Gasteiger partial charge in [-0.05, 0) is 12.1 Å². The molecule has 0 N–H and O–H groups in total. The number of carbonyl (C=O) groups is 5. The standard InChI is InChI=1S/C21H23NO14/c1-10(23)31-17-16(9-30-21(27)35-15-7-5-14(6-8-15)22(28)29)36-20(34-13(4)26)19(33-12(3)25)18(17)32-11(2)24/h5-8,16-20H,9H2,1-4H3/t16?,17-,18+,19-,20+/m1/s1. The molecule has 0 radical (unpaired) electrons. The topological polar surface area (TPSA) is 193 Å². The summed E-state index contributed by atoms with van der Waals surface area (Å²) in [6, 6.07) is 4.53. The van der Waals surface area contributed by atoms with Crippen LogP contribution in [0.5, 0.6) is 5.75 Å². The molecule has 1 aromatic carbocycles. The van der Waals surface area contributed by atoms with E-state index in [9.17, 15) is 34.1 Å². The third-order valence-electron chi connectivity index (χ3n) is 4.39. The van der Waals surface area contributed by atoms with Crippen molar-refractivity contribution < 1.29 is 62.1 Å². The van der Waals surface area contributed by atoms with Crippen LogP contribution in [0.2, 0.25) is 0 Å². The summed E-state index contributed by atoms with van der Waals surface area (Å²) in [5, 5.41) is 10.7. The van der Waals surface area contributed by atoms with Crippen LogP contribution < -0.4 is 4.74 Å². The Hall–Kier alpha value is -4.27. The van der Waals surface area contributed by atoms with Gasteiger partial charge in [0.2, 0.25) is 12.4 Å². The number of hydrogen-bond acceptors (Lipinski definition) is 14. The molecule has 15 heteroatoms. The van der Waals surface area contributed by atoms with E-state index in [1.807, 2.05) is 0 Å². The number of nitro groups is 1. The Bertz CT molecular complexity index is 1010. The van der Waals surface area contributed by atoms with Gasteiger partial charge in [-0.1, -0.05) is 0 Å². The first-order valence-corrected chi connectivity index (χ1v) is 10.3. The maximum atomic E-state index is 12.1. The molecule has 5 atom stereocenters. The lowest BCUT2D eigenvalue weighted by atomic mass is 9.98. The largest absolute Gasteiger partial charge is 0.513 e. The fraction of sp³-hybridized carbons (Fsp3) is 0.476. The van der Waals surface area contributed by atoms with Crippen molar-refractivity contribution >= 4 is 35.7 Å². The normalized spacial score (nSPS) is 22.9. The Balaban J connectivity index is 2.24. The molecule has 0 saturated carbocycles. The molecule has 15 nitrogen and oxygen atoms in total. The molecule has 0 aromatic heterocycles. The number of hydrogen-bond donors (Lipinski definition) is 0. The molecule has 1 saturated heterocycles. The highest BCUT2D eigenvalue weighted by Gasteiger charge is 2.53. The summed E-state index contributed by atoms with van der Waals surface area (Å²) in [7, 11) is 0. The zero-order valence-electron chi connectivity index (χ0n) is 19.6. The van der Waals surface area contributed by atoms with Gasteiger partial charge in [-0.25, -0.2) is 4.79 Å². The van der Waals surface area contributed by atoms with Crippen LogP contribution in [-0.4, -0.2) is 72.3 Å². The number of rotatable bonds is 8. The minimum Gasteiger partial charge on any atom is -0.455 e. The fourth-order valence-corrected chi connectivity index (χ4v) is 3.16. The van der Waals surface area contributed by atoms with Gasteiger partial charge in [-0.2, -0.15) is 0 Å². The summed E-state index contributed by atoms with van der Waals surface area (Å²) < 4.78 is 36.1. The van der Waals surface area contributed by atoms with Crippen molar-refractivity contribution in [1.29, 1.82) is 0 Å². The molecule has 36 heavy (non-hydrogen) atoms. The number of nitrogens with zero attached hydrogens (tertiary/aromatic N) is 1. The first kappa shape index (κ1) is 28.0. The molecule has 196 valence electrons. The Morgan fingerprint density at radius 2 is 1.31 bits per heavy atom. The number of nitro benzene ring substituents is 1. The zero-order valence-corrected chi connectivity index (χ0v) is 19.6. The predicted molar refractivity (Wildman–Crippen MR) is 112 cm³/mol. The number of benzene rings is 1. The molecule has 1 fully saturated rings. The molecule has 1 aliphatic heterocycles. The fourth-order valence-electron chi connectivity index (χ4n) is 3.16. The average molecular weight is 513 g/mol. The lowest BCUT2D eigenvalue weighted by Gasteiger charge is -2.43. The highest BCUT2D eigenvalue weighted by molar-refractivity contribution is 5.69. The lowest BCUT2D eigenvalue weighted by Crippen LogP contribution is -2.63. The van der Waals surface area contributed by atoms with E-state index in [4.69, 9.17) is 33.2 Å². The average Bonchev–Trinajstić information content (AvgIpc) is 2.75. The van der Waals surface area contributed by atoms with E-state index in [-0.39, 0.29) is 11.4 Å². The van der Waals surface area contributed by atoms with Gasteiger partial charge in [-0.15, -0.1) is 0 Å². The molecule has 1 aliphatic rings. The van der Waals surface area contributed by atoms with Crippen molar-refractivity contribution in [2.24, 2.45) is 0 Å². The molecule has 0 amide bonds. The van der Waals surface area contributed by atoms with Crippen LogP contribution in [0.4, 0.5) is 10.5 Å². The predicted octanol–water partition coefficient (Wildman–Crippen LogP) is 1.19. The lowest BCUT2D eigenvalue weighted by molar-refractivity contribution is -0.384. The van der Waals surface area contributed by atoms with Crippen LogP contribution in [0.25, 0.3) is 0 Å². The minimum atomic E-state index is -1.62. The molecular weight excluding hydrogens is 490 g/mol. The van der Waals surface area contributed by atoms with Crippen LogP contribution in [0.15, 0.2) is 24.3 Å². The van der Waals surface area contributed by atoms with E-state index in [1.165, 1.54) is 0 Å². The van der Waals surface area contributed by atoms with Gasteiger partial charge in [0.1, 0.15) is 18.5 Å². The summed E-state index contributed by atoms with van der Waals surface area (Å²) in [6.45, 7) is 3.51. The maximum Gasteiger partial charge on any atom is 0.513 e. The Labute approximate surface area is 203 Å². The van der Waals surface area contributed by atoms with Gasteiger partial charge in [0.15, 0.2) is 12.2 Å². The third-order valence-corrected chi connectivity index (χ3v) is 4.39. The number of ether oxygens (including phenoxy) is 7. The van der Waals surface area contributed by atoms with Gasteiger partial charge in [-0.3, -0.25) is 29.3 Å². The SMILES string of the molecule is CC(=O)O[C@H]1OC(COC(=O)Oc2ccc([N+](=O)[O-])cc2)[C@@H](OC(C)=O)[C@H](OC(C)=O)[C@H]1OC(C)=O. The van der Waals surface area contributed by atoms with Crippen molar-refractivity contribution in [2.75, 3.05) is 6.61 Å². The van der Waals surface area contributed by atoms with Gasteiger partial charge in [0.25, 0.3) is 5.69 Å². The van der Waals surface area contributed by atoms with Gasteiger partial charge >= 0.3 is 30.0 Å². The molecule has 2 rings (SSSR count). The van der Waals surface area contributed by atoms with Gasteiger partial charge in [0.05, 0.1) is 4.92 Å². The molecular formula is C21H23NO14. The van der Waals surface area contributed by atoms with Crippen LogP contribution in [-0.2, 0) is 47.6 Å². The van der Waals surface area contributed by atoms with Crippen molar-refractivity contribution in [3.05, 3.63) is 34.4 Å². The highest BCUT2D eigenvalue weighted by atomic mass is 16.8. The Morgan fingerprint density at radius 3 is 1.81 bits per heavy atom. The highest BCUT2D eigenvalue weighted by Crippen LogP contribution is 2.30.